The van der Waals surface area contributed by atoms with E-state index in [-0.39, 0.29) is 0 Å². The van der Waals surface area contributed by atoms with Gasteiger partial charge in [-0.15, -0.1) is 0 Å². The van der Waals surface area contributed by atoms with Crippen molar-refractivity contribution in [3.05, 3.63) is 24.3 Å². The SMILES string of the molecule is CNC1CCN(c2ccc(OC)cc2)C(C)C1C. The minimum Gasteiger partial charge on any atom is -0.497 e. The number of piperidine rings is 1. The predicted molar refractivity (Wildman–Crippen MR) is 76.4 cm³/mol. The van der Waals surface area contributed by atoms with Gasteiger partial charge in [-0.25, -0.2) is 0 Å². The summed E-state index contributed by atoms with van der Waals surface area (Å²) in [5, 5.41) is 3.43. The molecule has 3 heteroatoms. The highest BCUT2D eigenvalue weighted by Crippen LogP contribution is 2.29. The molecule has 1 aromatic carbocycles. The van der Waals surface area contributed by atoms with Crippen molar-refractivity contribution in [3.63, 3.8) is 0 Å². The van der Waals surface area contributed by atoms with Crippen LogP contribution in [-0.2, 0) is 0 Å². The Bertz CT molecular complexity index is 377. The Morgan fingerprint density at radius 3 is 2.44 bits per heavy atom. The molecule has 1 fully saturated rings. The van der Waals surface area contributed by atoms with E-state index in [1.54, 1.807) is 7.11 Å². The van der Waals surface area contributed by atoms with Gasteiger partial charge >= 0.3 is 0 Å². The molecule has 1 aliphatic rings. The maximum atomic E-state index is 5.21. The van der Waals surface area contributed by atoms with Gasteiger partial charge in [0.05, 0.1) is 7.11 Å². The number of nitrogens with one attached hydrogen (secondary N) is 1. The fraction of sp³-hybridized carbons (Fsp3) is 0.600. The Hall–Kier alpha value is -1.22. The Morgan fingerprint density at radius 2 is 1.89 bits per heavy atom. The van der Waals surface area contributed by atoms with Crippen molar-refractivity contribution in [2.75, 3.05) is 25.6 Å². The van der Waals surface area contributed by atoms with Crippen molar-refractivity contribution in [1.82, 2.24) is 5.32 Å². The number of benzene rings is 1. The summed E-state index contributed by atoms with van der Waals surface area (Å²) in [6, 6.07) is 9.58. The van der Waals surface area contributed by atoms with Crippen LogP contribution in [0.2, 0.25) is 0 Å². The predicted octanol–water partition coefficient (Wildman–Crippen LogP) is 2.52. The van der Waals surface area contributed by atoms with Gasteiger partial charge in [-0.2, -0.15) is 0 Å². The summed E-state index contributed by atoms with van der Waals surface area (Å²) >= 11 is 0. The van der Waals surface area contributed by atoms with Crippen LogP contribution in [0.1, 0.15) is 20.3 Å². The number of hydrogen-bond acceptors (Lipinski definition) is 3. The molecule has 0 radical (unpaired) electrons. The van der Waals surface area contributed by atoms with Gasteiger partial charge in [0.15, 0.2) is 0 Å². The molecule has 0 aliphatic carbocycles. The van der Waals surface area contributed by atoms with Crippen LogP contribution < -0.4 is 15.0 Å². The zero-order chi connectivity index (χ0) is 13.1. The first-order valence-electron chi connectivity index (χ1n) is 6.75. The first-order chi connectivity index (χ1) is 8.67. The third kappa shape index (κ3) is 2.46. The second-order valence-corrected chi connectivity index (χ2v) is 5.17. The maximum absolute atomic E-state index is 5.21. The number of nitrogens with zero attached hydrogens (tertiary/aromatic N) is 1. The van der Waals surface area contributed by atoms with E-state index < -0.39 is 0 Å². The van der Waals surface area contributed by atoms with E-state index in [1.807, 2.05) is 12.1 Å². The molecule has 0 bridgehead atoms. The fourth-order valence-electron chi connectivity index (χ4n) is 2.91. The lowest BCUT2D eigenvalue weighted by atomic mass is 9.87. The third-order valence-corrected chi connectivity index (χ3v) is 4.34. The van der Waals surface area contributed by atoms with E-state index in [2.05, 4.69) is 43.2 Å². The van der Waals surface area contributed by atoms with Gasteiger partial charge in [0, 0.05) is 24.3 Å². The molecule has 1 aliphatic heterocycles. The van der Waals surface area contributed by atoms with E-state index in [9.17, 15) is 0 Å². The van der Waals surface area contributed by atoms with Crippen LogP contribution in [0.4, 0.5) is 5.69 Å². The molecule has 3 unspecified atom stereocenters. The van der Waals surface area contributed by atoms with Gasteiger partial charge in [0.1, 0.15) is 5.75 Å². The van der Waals surface area contributed by atoms with Crippen LogP contribution in [0.3, 0.4) is 0 Å². The Kier molecular flexibility index (Phi) is 4.12. The summed E-state index contributed by atoms with van der Waals surface area (Å²) in [7, 11) is 3.77. The van der Waals surface area contributed by atoms with E-state index >= 15 is 0 Å². The summed E-state index contributed by atoms with van der Waals surface area (Å²) in [6.45, 7) is 5.77. The summed E-state index contributed by atoms with van der Waals surface area (Å²) < 4.78 is 5.21. The zero-order valence-electron chi connectivity index (χ0n) is 11.8. The number of anilines is 1. The van der Waals surface area contributed by atoms with Crippen LogP contribution in [-0.4, -0.2) is 32.8 Å². The summed E-state index contributed by atoms with van der Waals surface area (Å²) in [4.78, 5) is 2.50. The van der Waals surface area contributed by atoms with Gasteiger partial charge in [0.2, 0.25) is 0 Å². The molecule has 1 aromatic rings. The molecule has 3 atom stereocenters. The average molecular weight is 248 g/mol. The summed E-state index contributed by atoms with van der Waals surface area (Å²) in [6.07, 6.45) is 1.20. The van der Waals surface area contributed by atoms with Gasteiger partial charge in [0.25, 0.3) is 0 Å². The average Bonchev–Trinajstić information content (AvgIpc) is 2.42. The molecule has 0 aromatic heterocycles. The smallest absolute Gasteiger partial charge is 0.119 e. The monoisotopic (exact) mass is 248 g/mol. The first kappa shape index (κ1) is 13.2. The number of ether oxygens (including phenoxy) is 1. The standard InChI is InChI=1S/C15H24N2O/c1-11-12(2)17(10-9-15(11)16-3)13-5-7-14(18-4)8-6-13/h5-8,11-12,15-16H,9-10H2,1-4H3. The number of rotatable bonds is 3. The lowest BCUT2D eigenvalue weighted by molar-refractivity contribution is 0.282. The molecular weight excluding hydrogens is 224 g/mol. The van der Waals surface area contributed by atoms with Crippen LogP contribution in [0, 0.1) is 5.92 Å². The van der Waals surface area contributed by atoms with Crippen molar-refractivity contribution in [2.45, 2.75) is 32.4 Å². The summed E-state index contributed by atoms with van der Waals surface area (Å²) in [5.74, 6) is 1.58. The van der Waals surface area contributed by atoms with Gasteiger partial charge < -0.3 is 15.0 Å². The first-order valence-corrected chi connectivity index (χ1v) is 6.75. The molecule has 2 rings (SSSR count). The van der Waals surface area contributed by atoms with Gasteiger partial charge in [-0.3, -0.25) is 0 Å². The van der Waals surface area contributed by atoms with Crippen LogP contribution in [0.5, 0.6) is 5.75 Å². The largest absolute Gasteiger partial charge is 0.497 e. The molecule has 1 saturated heterocycles. The second kappa shape index (κ2) is 5.61. The van der Waals surface area contributed by atoms with Gasteiger partial charge in [-0.05, 0) is 50.6 Å². The highest BCUT2D eigenvalue weighted by Gasteiger charge is 2.31. The minimum atomic E-state index is 0.560. The highest BCUT2D eigenvalue weighted by molar-refractivity contribution is 5.50. The molecule has 0 amide bonds. The zero-order valence-corrected chi connectivity index (χ0v) is 11.8. The van der Waals surface area contributed by atoms with Crippen molar-refractivity contribution in [3.8, 4) is 5.75 Å². The molecular formula is C15H24N2O. The van der Waals surface area contributed by atoms with E-state index in [0.717, 1.165) is 12.3 Å². The molecule has 1 heterocycles. The molecule has 3 nitrogen and oxygen atoms in total. The second-order valence-electron chi connectivity index (χ2n) is 5.17. The number of hydrogen-bond donors (Lipinski definition) is 1. The molecule has 1 N–H and O–H groups in total. The summed E-state index contributed by atoms with van der Waals surface area (Å²) in [5.41, 5.74) is 1.30. The number of methoxy groups -OCH3 is 1. The molecule has 100 valence electrons. The van der Waals surface area contributed by atoms with E-state index in [4.69, 9.17) is 4.74 Å². The Labute approximate surface area is 110 Å². The van der Waals surface area contributed by atoms with Crippen molar-refractivity contribution in [1.29, 1.82) is 0 Å². The minimum absolute atomic E-state index is 0.560. The third-order valence-electron chi connectivity index (χ3n) is 4.34. The fourth-order valence-corrected chi connectivity index (χ4v) is 2.91. The van der Waals surface area contributed by atoms with Crippen molar-refractivity contribution >= 4 is 5.69 Å². The van der Waals surface area contributed by atoms with Crippen molar-refractivity contribution in [2.24, 2.45) is 5.92 Å². The quantitative estimate of drug-likeness (QED) is 0.889. The lowest BCUT2D eigenvalue weighted by Crippen LogP contribution is -2.52. The Balaban J connectivity index is 2.13. The van der Waals surface area contributed by atoms with Crippen molar-refractivity contribution < 1.29 is 4.74 Å². The highest BCUT2D eigenvalue weighted by atomic mass is 16.5. The van der Waals surface area contributed by atoms with Crippen LogP contribution in [0.15, 0.2) is 24.3 Å². The molecule has 0 saturated carbocycles. The molecule has 18 heavy (non-hydrogen) atoms. The van der Waals surface area contributed by atoms with Gasteiger partial charge in [-0.1, -0.05) is 6.92 Å². The van der Waals surface area contributed by atoms with E-state index in [0.29, 0.717) is 18.0 Å². The van der Waals surface area contributed by atoms with E-state index in [1.165, 1.54) is 12.1 Å². The maximum Gasteiger partial charge on any atom is 0.119 e. The van der Waals surface area contributed by atoms with Crippen LogP contribution >= 0.6 is 0 Å². The Morgan fingerprint density at radius 1 is 1.22 bits per heavy atom. The normalized spacial score (nSPS) is 28.2. The molecule has 0 spiro atoms. The topological polar surface area (TPSA) is 24.5 Å². The van der Waals surface area contributed by atoms with Crippen LogP contribution in [0.25, 0.3) is 0 Å². The lowest BCUT2D eigenvalue weighted by Gasteiger charge is -2.44.